The highest BCUT2D eigenvalue weighted by atomic mass is 35.5. The second kappa shape index (κ2) is 6.04. The van der Waals surface area contributed by atoms with E-state index in [1.54, 1.807) is 18.2 Å². The molecule has 2 aromatic carbocycles. The number of ether oxygens (including phenoxy) is 1. The summed E-state index contributed by atoms with van der Waals surface area (Å²) in [5.41, 5.74) is 7.13. The lowest BCUT2D eigenvalue weighted by atomic mass is 10.1. The Morgan fingerprint density at radius 1 is 1.26 bits per heavy atom. The predicted molar refractivity (Wildman–Crippen MR) is 74.8 cm³/mol. The van der Waals surface area contributed by atoms with Gasteiger partial charge in [-0.1, -0.05) is 29.8 Å². The minimum atomic E-state index is -0.365. The zero-order valence-electron chi connectivity index (χ0n) is 10.6. The largest absolute Gasteiger partial charge is 0.489 e. The number of hydrogen-bond acceptors (Lipinski definition) is 2. The maximum atomic E-state index is 13.6. The van der Waals surface area contributed by atoms with E-state index in [4.69, 9.17) is 22.1 Å². The lowest BCUT2D eigenvalue weighted by Gasteiger charge is -2.11. The second-order valence-electron chi connectivity index (χ2n) is 4.35. The molecule has 0 aromatic heterocycles. The number of halogens is 2. The highest BCUT2D eigenvalue weighted by Gasteiger charge is 2.08. The van der Waals surface area contributed by atoms with Crippen molar-refractivity contribution in [2.75, 3.05) is 0 Å². The van der Waals surface area contributed by atoms with Gasteiger partial charge in [0.1, 0.15) is 18.2 Å². The van der Waals surface area contributed by atoms with E-state index < -0.39 is 0 Å². The van der Waals surface area contributed by atoms with E-state index in [0.29, 0.717) is 16.3 Å². The van der Waals surface area contributed by atoms with Gasteiger partial charge in [0.25, 0.3) is 0 Å². The van der Waals surface area contributed by atoms with E-state index in [0.717, 1.165) is 5.56 Å². The van der Waals surface area contributed by atoms with Gasteiger partial charge in [-0.3, -0.25) is 0 Å². The quantitative estimate of drug-likeness (QED) is 0.915. The topological polar surface area (TPSA) is 35.2 Å². The Morgan fingerprint density at radius 3 is 2.68 bits per heavy atom. The second-order valence-corrected chi connectivity index (χ2v) is 4.76. The molecular weight excluding hydrogens is 265 g/mol. The molecule has 0 radical (unpaired) electrons. The van der Waals surface area contributed by atoms with Crippen LogP contribution < -0.4 is 10.5 Å². The molecule has 0 saturated carbocycles. The van der Waals surface area contributed by atoms with Crippen LogP contribution in [0.1, 0.15) is 24.1 Å². The van der Waals surface area contributed by atoms with E-state index in [1.165, 1.54) is 6.07 Å². The van der Waals surface area contributed by atoms with Crippen molar-refractivity contribution in [1.29, 1.82) is 0 Å². The third kappa shape index (κ3) is 3.46. The molecule has 2 nitrogen and oxygen atoms in total. The minimum absolute atomic E-state index is 0.0689. The summed E-state index contributed by atoms with van der Waals surface area (Å²) in [4.78, 5) is 0. The predicted octanol–water partition coefficient (Wildman–Crippen LogP) is 4.08. The Morgan fingerprint density at radius 2 is 2.00 bits per heavy atom. The monoisotopic (exact) mass is 279 g/mol. The van der Waals surface area contributed by atoms with E-state index in [1.807, 2.05) is 25.1 Å². The number of benzene rings is 2. The summed E-state index contributed by atoms with van der Waals surface area (Å²) in [6, 6.07) is 11.9. The highest BCUT2D eigenvalue weighted by molar-refractivity contribution is 6.31. The van der Waals surface area contributed by atoms with E-state index in [-0.39, 0.29) is 18.5 Å². The summed E-state index contributed by atoms with van der Waals surface area (Å²) >= 11 is 5.94. The molecule has 19 heavy (non-hydrogen) atoms. The summed E-state index contributed by atoms with van der Waals surface area (Å²) in [6.07, 6.45) is 0. The number of rotatable bonds is 4. The van der Waals surface area contributed by atoms with Gasteiger partial charge in [0, 0.05) is 11.6 Å². The zero-order valence-corrected chi connectivity index (χ0v) is 11.3. The van der Waals surface area contributed by atoms with E-state index in [9.17, 15) is 4.39 Å². The van der Waals surface area contributed by atoms with Crippen molar-refractivity contribution in [3.63, 3.8) is 0 Å². The van der Waals surface area contributed by atoms with Crippen molar-refractivity contribution in [3.8, 4) is 5.75 Å². The molecule has 0 bridgehead atoms. The molecule has 0 amide bonds. The molecule has 100 valence electrons. The fourth-order valence-electron chi connectivity index (χ4n) is 1.71. The van der Waals surface area contributed by atoms with Crippen LogP contribution in [0.5, 0.6) is 5.75 Å². The maximum absolute atomic E-state index is 13.6. The fraction of sp³-hybridized carbons (Fsp3) is 0.200. The van der Waals surface area contributed by atoms with Crippen LogP contribution in [0, 0.1) is 5.82 Å². The van der Waals surface area contributed by atoms with Gasteiger partial charge in [-0.25, -0.2) is 4.39 Å². The Labute approximate surface area is 117 Å². The van der Waals surface area contributed by atoms with Gasteiger partial charge in [-0.2, -0.15) is 0 Å². The third-order valence-electron chi connectivity index (χ3n) is 2.83. The van der Waals surface area contributed by atoms with Crippen LogP contribution in [0.25, 0.3) is 0 Å². The molecule has 1 atom stereocenters. The van der Waals surface area contributed by atoms with Gasteiger partial charge in [-0.05, 0) is 36.8 Å². The summed E-state index contributed by atoms with van der Waals surface area (Å²) in [6.45, 7) is 1.99. The first kappa shape index (κ1) is 13.8. The van der Waals surface area contributed by atoms with Gasteiger partial charge in [0.05, 0.1) is 5.02 Å². The molecule has 0 fully saturated rings. The molecule has 0 spiro atoms. The number of nitrogens with two attached hydrogens (primary N) is 1. The van der Waals surface area contributed by atoms with Crippen LogP contribution in [0.15, 0.2) is 42.5 Å². The lowest BCUT2D eigenvalue weighted by molar-refractivity contribution is 0.299. The number of hydrogen-bond donors (Lipinski definition) is 1. The Bertz CT molecular complexity index is 552. The van der Waals surface area contributed by atoms with Gasteiger partial charge in [-0.15, -0.1) is 0 Å². The first-order valence-corrected chi connectivity index (χ1v) is 6.37. The van der Waals surface area contributed by atoms with E-state index >= 15 is 0 Å². The first-order valence-electron chi connectivity index (χ1n) is 5.99. The minimum Gasteiger partial charge on any atom is -0.489 e. The molecule has 0 aliphatic carbocycles. The fourth-order valence-corrected chi connectivity index (χ4v) is 1.93. The van der Waals surface area contributed by atoms with Crippen LogP contribution in [-0.4, -0.2) is 0 Å². The molecular formula is C15H15ClFNO. The molecule has 0 unspecified atom stereocenters. The molecule has 0 aliphatic rings. The Kier molecular flexibility index (Phi) is 4.40. The zero-order chi connectivity index (χ0) is 13.8. The van der Waals surface area contributed by atoms with Crippen LogP contribution in [0.3, 0.4) is 0 Å². The Hall–Kier alpha value is -1.58. The standard InChI is InChI=1S/C15H15ClFNO/c1-10(18)11-4-2-5-12(8-11)19-9-13-14(16)6-3-7-15(13)17/h2-8,10H,9,18H2,1H3/t10-/m1/s1. The molecule has 2 aromatic rings. The smallest absolute Gasteiger partial charge is 0.131 e. The average molecular weight is 280 g/mol. The SMILES string of the molecule is C[C@@H](N)c1cccc(OCc2c(F)cccc2Cl)c1. The van der Waals surface area contributed by atoms with Crippen molar-refractivity contribution < 1.29 is 9.13 Å². The molecule has 0 aliphatic heterocycles. The molecule has 2 rings (SSSR count). The molecule has 0 saturated heterocycles. The highest BCUT2D eigenvalue weighted by Crippen LogP contribution is 2.23. The first-order chi connectivity index (χ1) is 9.08. The van der Waals surface area contributed by atoms with Crippen molar-refractivity contribution in [2.45, 2.75) is 19.6 Å². The van der Waals surface area contributed by atoms with E-state index in [2.05, 4.69) is 0 Å². The molecule has 2 N–H and O–H groups in total. The van der Waals surface area contributed by atoms with Gasteiger partial charge < -0.3 is 10.5 Å². The van der Waals surface area contributed by atoms with Crippen LogP contribution in [0.2, 0.25) is 5.02 Å². The normalized spacial score (nSPS) is 12.2. The van der Waals surface area contributed by atoms with Crippen molar-refractivity contribution in [2.24, 2.45) is 5.73 Å². The summed E-state index contributed by atoms with van der Waals surface area (Å²) < 4.78 is 19.1. The maximum Gasteiger partial charge on any atom is 0.131 e. The van der Waals surface area contributed by atoms with Gasteiger partial charge >= 0.3 is 0 Å². The summed E-state index contributed by atoms with van der Waals surface area (Å²) in [7, 11) is 0. The van der Waals surface area contributed by atoms with Crippen LogP contribution in [-0.2, 0) is 6.61 Å². The van der Waals surface area contributed by atoms with Gasteiger partial charge in [0.15, 0.2) is 0 Å². The van der Waals surface area contributed by atoms with Gasteiger partial charge in [0.2, 0.25) is 0 Å². The lowest BCUT2D eigenvalue weighted by Crippen LogP contribution is -2.05. The van der Waals surface area contributed by atoms with Crippen molar-refractivity contribution >= 4 is 11.6 Å². The molecule has 0 heterocycles. The molecule has 4 heteroatoms. The van der Waals surface area contributed by atoms with Crippen molar-refractivity contribution in [3.05, 3.63) is 64.4 Å². The Balaban J connectivity index is 2.12. The average Bonchev–Trinajstić information content (AvgIpc) is 2.38. The third-order valence-corrected chi connectivity index (χ3v) is 3.18. The summed E-state index contributed by atoms with van der Waals surface area (Å²) in [5, 5.41) is 0.364. The van der Waals surface area contributed by atoms with Crippen LogP contribution >= 0.6 is 11.6 Å². The summed E-state index contributed by atoms with van der Waals surface area (Å²) in [5.74, 6) is 0.282. The van der Waals surface area contributed by atoms with Crippen LogP contribution in [0.4, 0.5) is 4.39 Å². The van der Waals surface area contributed by atoms with Crippen molar-refractivity contribution in [1.82, 2.24) is 0 Å².